The Morgan fingerprint density at radius 3 is 2.31 bits per heavy atom. The number of aliphatic hydroxyl groups excluding tert-OH is 2. The molecule has 0 aromatic heterocycles. The number of phenols is 1. The van der Waals surface area contributed by atoms with Crippen LogP contribution >= 0.6 is 0 Å². The Kier molecular flexibility index (Phi) is 8.37. The smallest absolute Gasteiger partial charge is 0.423 e. The first-order chi connectivity index (χ1) is 16.6. The van der Waals surface area contributed by atoms with Gasteiger partial charge in [-0.25, -0.2) is 9.59 Å². The van der Waals surface area contributed by atoms with Gasteiger partial charge in [-0.1, -0.05) is 31.2 Å². The van der Waals surface area contributed by atoms with Crippen molar-refractivity contribution < 1.29 is 34.9 Å². The summed E-state index contributed by atoms with van der Waals surface area (Å²) in [7, 11) is 0. The third-order valence-electron chi connectivity index (χ3n) is 7.82. The first-order valence-corrected chi connectivity index (χ1v) is 11.7. The fourth-order valence-corrected chi connectivity index (χ4v) is 6.14. The molecular weight excluding hydrogens is 452 g/mol. The molecule has 190 valence electrons. The highest BCUT2D eigenvalue weighted by molar-refractivity contribution is 5.87. The summed E-state index contributed by atoms with van der Waals surface area (Å²) in [5.41, 5.74) is 7.20. The van der Waals surface area contributed by atoms with Crippen molar-refractivity contribution in [3.63, 3.8) is 0 Å². The van der Waals surface area contributed by atoms with E-state index in [1.165, 1.54) is 11.1 Å². The van der Waals surface area contributed by atoms with Gasteiger partial charge < -0.3 is 31.0 Å². The molecular formula is C26H34N2O7. The molecule has 9 nitrogen and oxygen atoms in total. The van der Waals surface area contributed by atoms with Crippen LogP contribution < -0.4 is 11.6 Å². The molecule has 1 amide bonds. The number of aromatic carboxylic acids is 1. The molecule has 0 bridgehead atoms. The van der Waals surface area contributed by atoms with E-state index >= 15 is 0 Å². The van der Waals surface area contributed by atoms with Crippen molar-refractivity contribution in [1.29, 1.82) is 0 Å². The molecule has 6 atom stereocenters. The predicted molar refractivity (Wildman–Crippen MR) is 128 cm³/mol. The number of fused-ring (bicyclic) bond motifs is 5. The number of hydrogen-bond acceptors (Lipinski definition) is 7. The average Bonchev–Trinajstić information content (AvgIpc) is 3.09. The summed E-state index contributed by atoms with van der Waals surface area (Å²) in [5, 5.41) is 38.6. The van der Waals surface area contributed by atoms with Crippen LogP contribution in [0.15, 0.2) is 48.5 Å². The summed E-state index contributed by atoms with van der Waals surface area (Å²) >= 11 is 0. The largest absolute Gasteiger partial charge is 0.508 e. The van der Waals surface area contributed by atoms with Crippen LogP contribution in [0.2, 0.25) is 0 Å². The van der Waals surface area contributed by atoms with Gasteiger partial charge in [-0.15, -0.1) is 0 Å². The minimum atomic E-state index is -0.968. The number of carboxylic acid groups (broad SMARTS) is 1. The number of nitrogens with two attached hydrogens (primary N) is 2. The lowest BCUT2D eigenvalue weighted by molar-refractivity contribution is -0.0505. The first-order valence-electron chi connectivity index (χ1n) is 11.7. The lowest BCUT2D eigenvalue weighted by atomic mass is 9.55. The number of carbonyl (C=O) groups is 2. The maximum Gasteiger partial charge on any atom is 0.423 e. The molecule has 0 spiro atoms. The monoisotopic (exact) mass is 486 g/mol. The number of aliphatic hydroxyl groups is 2. The highest BCUT2D eigenvalue weighted by atomic mass is 16.7. The molecule has 5 rings (SSSR count). The number of rotatable bonds is 1. The van der Waals surface area contributed by atoms with Crippen LogP contribution in [0.3, 0.4) is 0 Å². The van der Waals surface area contributed by atoms with Gasteiger partial charge in [0, 0.05) is 0 Å². The summed E-state index contributed by atoms with van der Waals surface area (Å²) in [6.45, 7) is 2.17. The van der Waals surface area contributed by atoms with Gasteiger partial charge in [0.15, 0.2) is 0 Å². The van der Waals surface area contributed by atoms with Crippen molar-refractivity contribution in [2.75, 3.05) is 0 Å². The molecule has 0 radical (unpaired) electrons. The zero-order valence-electron chi connectivity index (χ0n) is 19.7. The predicted octanol–water partition coefficient (Wildman–Crippen LogP) is 2.92. The van der Waals surface area contributed by atoms with E-state index in [1.54, 1.807) is 36.4 Å². The lowest BCUT2D eigenvalue weighted by Crippen LogP contribution is -2.44. The molecule has 2 fully saturated rings. The maximum atomic E-state index is 10.4. The van der Waals surface area contributed by atoms with Crippen molar-refractivity contribution in [3.05, 3.63) is 65.2 Å². The van der Waals surface area contributed by atoms with Crippen LogP contribution in [0.5, 0.6) is 5.75 Å². The minimum absolute atomic E-state index is 0.116. The summed E-state index contributed by atoms with van der Waals surface area (Å²) in [4.78, 5) is 22.8. The molecule has 2 saturated carbocycles. The minimum Gasteiger partial charge on any atom is -0.508 e. The summed E-state index contributed by atoms with van der Waals surface area (Å²) in [6, 6.07) is 14.1. The Balaban J connectivity index is 0.000000203. The molecule has 2 aromatic rings. The molecule has 0 unspecified atom stereocenters. The number of carboxylic acids is 1. The highest BCUT2D eigenvalue weighted by Crippen LogP contribution is 2.60. The fraction of sp³-hybridized carbons (Fsp3) is 0.462. The molecule has 8 N–H and O–H groups in total. The molecule has 0 heterocycles. The van der Waals surface area contributed by atoms with Crippen LogP contribution in [0.25, 0.3) is 0 Å². The summed E-state index contributed by atoms with van der Waals surface area (Å²) < 4.78 is 0. The topological polar surface area (TPSA) is 176 Å². The molecule has 0 aliphatic heterocycles. The molecule has 9 heteroatoms. The average molecular weight is 487 g/mol. The standard InChI is InChI=1S/C18H24O3.C7H6O2.CH4N2O2/c1-18-7-6-13-12-5-3-11(19)8-10(12)2-4-14(13)15(18)9-16(20)17(18)21;8-7(9)6-4-2-1-3-5-6;2-1(4)5-3/h3,5,8,13-17,19-21H,2,4,6-7,9H2,1H3;1-5H,(H,8,9);3H2,(H2,2,4)/t13-,14-,15+,16-,17+,18+;;/m1../s1. The van der Waals surface area contributed by atoms with Gasteiger partial charge in [-0.3, -0.25) is 0 Å². The normalized spacial score (nSPS) is 30.1. The van der Waals surface area contributed by atoms with Crippen LogP contribution in [-0.2, 0) is 11.3 Å². The van der Waals surface area contributed by atoms with Crippen molar-refractivity contribution in [2.45, 2.75) is 57.2 Å². The van der Waals surface area contributed by atoms with E-state index in [2.05, 4.69) is 29.5 Å². The number of hydrogen-bond donors (Lipinski definition) is 6. The lowest BCUT2D eigenvalue weighted by Gasteiger charge is -2.49. The zero-order valence-corrected chi connectivity index (χ0v) is 19.7. The Labute approximate surface area is 204 Å². The zero-order chi connectivity index (χ0) is 25.8. The second kappa shape index (κ2) is 11.1. The van der Waals surface area contributed by atoms with E-state index in [-0.39, 0.29) is 5.41 Å². The van der Waals surface area contributed by atoms with Gasteiger partial charge in [0.1, 0.15) is 5.75 Å². The highest BCUT2D eigenvalue weighted by Gasteiger charge is 2.57. The Morgan fingerprint density at radius 1 is 1.09 bits per heavy atom. The maximum absolute atomic E-state index is 10.4. The van der Waals surface area contributed by atoms with E-state index in [0.29, 0.717) is 29.1 Å². The molecule has 3 aliphatic rings. The van der Waals surface area contributed by atoms with Gasteiger partial charge in [0.05, 0.1) is 17.8 Å². The third kappa shape index (κ3) is 5.75. The first kappa shape index (κ1) is 26.5. The summed E-state index contributed by atoms with van der Waals surface area (Å²) in [6.07, 6.45) is 2.84. The molecule has 35 heavy (non-hydrogen) atoms. The quantitative estimate of drug-likeness (QED) is 0.333. The van der Waals surface area contributed by atoms with Crippen LogP contribution in [0.4, 0.5) is 4.79 Å². The SMILES string of the molecule is C[C@]12CC[C@@H]3c4ccc(O)cc4CC[C@H]3[C@@H]1C[C@@H](O)[C@@H]2O.NOC(N)=O.O=C(O)c1ccccc1. The van der Waals surface area contributed by atoms with Crippen LogP contribution in [0, 0.1) is 17.3 Å². The Morgan fingerprint density at radius 2 is 1.74 bits per heavy atom. The second-order valence-corrected chi connectivity index (χ2v) is 9.70. The van der Waals surface area contributed by atoms with Gasteiger partial charge >= 0.3 is 12.1 Å². The van der Waals surface area contributed by atoms with E-state index in [4.69, 9.17) is 5.11 Å². The van der Waals surface area contributed by atoms with Gasteiger partial charge in [-0.05, 0) is 90.7 Å². The number of amides is 1. The number of primary amides is 1. The van der Waals surface area contributed by atoms with Gasteiger partial charge in [-0.2, -0.15) is 5.90 Å². The van der Waals surface area contributed by atoms with Crippen molar-refractivity contribution in [3.8, 4) is 5.75 Å². The fourth-order valence-electron chi connectivity index (χ4n) is 6.14. The van der Waals surface area contributed by atoms with Gasteiger partial charge in [0.25, 0.3) is 0 Å². The summed E-state index contributed by atoms with van der Waals surface area (Å²) in [5.74, 6) is 5.19. The van der Waals surface area contributed by atoms with Gasteiger partial charge in [0.2, 0.25) is 0 Å². The number of aryl methyl sites for hydroxylation is 1. The van der Waals surface area contributed by atoms with E-state index in [9.17, 15) is 24.9 Å². The molecule has 3 aliphatic carbocycles. The van der Waals surface area contributed by atoms with Crippen molar-refractivity contribution >= 4 is 12.1 Å². The van der Waals surface area contributed by atoms with Crippen LogP contribution in [-0.4, -0.2) is 44.7 Å². The van der Waals surface area contributed by atoms with E-state index in [0.717, 1.165) is 32.1 Å². The van der Waals surface area contributed by atoms with E-state index in [1.807, 2.05) is 6.07 Å². The number of aromatic hydroxyl groups is 1. The second-order valence-electron chi connectivity index (χ2n) is 9.70. The van der Waals surface area contributed by atoms with Crippen LogP contribution in [0.1, 0.15) is 60.0 Å². The number of phenolic OH excluding ortho intramolecular Hbond substituents is 1. The van der Waals surface area contributed by atoms with Crippen molar-refractivity contribution in [2.24, 2.45) is 28.9 Å². The third-order valence-corrected chi connectivity index (χ3v) is 7.82. The van der Waals surface area contributed by atoms with E-state index < -0.39 is 24.3 Å². The Bertz CT molecular complexity index is 1030. The number of benzene rings is 2. The molecule has 2 aromatic carbocycles. The van der Waals surface area contributed by atoms with Crippen molar-refractivity contribution in [1.82, 2.24) is 0 Å². The molecule has 0 saturated heterocycles. The number of carbonyl (C=O) groups excluding carboxylic acids is 1. The Hall–Kier alpha value is -3.14.